The molecule has 0 aliphatic carbocycles. The standard InChI is InChI=1S/C17H19FN2O4S/c1-19(12-13-4-8-15(18)9-5-13)17(21)14-6-10-16(11-7-14)25(22,23)20(2)24-3/h4-11H,12H2,1-3H3. The molecule has 2 aromatic carbocycles. The monoisotopic (exact) mass is 366 g/mol. The molecule has 0 aliphatic heterocycles. The lowest BCUT2D eigenvalue weighted by molar-refractivity contribution is -0.0258. The van der Waals surface area contributed by atoms with Crippen molar-refractivity contribution in [3.8, 4) is 0 Å². The van der Waals surface area contributed by atoms with Gasteiger partial charge in [0.15, 0.2) is 0 Å². The van der Waals surface area contributed by atoms with E-state index in [1.165, 1.54) is 55.5 Å². The molecule has 0 unspecified atom stereocenters. The zero-order chi connectivity index (χ0) is 18.6. The molecule has 8 heteroatoms. The van der Waals surface area contributed by atoms with Gasteiger partial charge in [0.1, 0.15) is 5.82 Å². The highest BCUT2D eigenvalue weighted by molar-refractivity contribution is 7.89. The first-order chi connectivity index (χ1) is 11.8. The van der Waals surface area contributed by atoms with Crippen LogP contribution in [-0.2, 0) is 21.4 Å². The van der Waals surface area contributed by atoms with Gasteiger partial charge in [0.05, 0.1) is 12.0 Å². The molecule has 0 spiro atoms. The van der Waals surface area contributed by atoms with Crippen molar-refractivity contribution < 1.29 is 22.4 Å². The minimum absolute atomic E-state index is 0.0228. The smallest absolute Gasteiger partial charge is 0.264 e. The highest BCUT2D eigenvalue weighted by Gasteiger charge is 2.21. The molecule has 0 aliphatic rings. The molecule has 0 bridgehead atoms. The number of halogens is 1. The summed E-state index contributed by atoms with van der Waals surface area (Å²) in [5.41, 5.74) is 1.14. The maximum absolute atomic E-state index is 12.9. The average molecular weight is 366 g/mol. The van der Waals surface area contributed by atoms with Gasteiger partial charge in [0, 0.05) is 26.2 Å². The normalized spacial score (nSPS) is 11.6. The Hall–Kier alpha value is -2.29. The Morgan fingerprint density at radius 3 is 2.12 bits per heavy atom. The summed E-state index contributed by atoms with van der Waals surface area (Å²) in [6, 6.07) is 11.5. The minimum Gasteiger partial charge on any atom is -0.337 e. The molecule has 0 saturated carbocycles. The quantitative estimate of drug-likeness (QED) is 0.736. The zero-order valence-corrected chi connectivity index (χ0v) is 15.0. The number of hydrogen-bond acceptors (Lipinski definition) is 4. The molecule has 1 amide bonds. The van der Waals surface area contributed by atoms with Crippen molar-refractivity contribution in [2.24, 2.45) is 0 Å². The lowest BCUT2D eigenvalue weighted by atomic mass is 10.1. The van der Waals surface area contributed by atoms with E-state index in [-0.39, 0.29) is 16.6 Å². The first kappa shape index (κ1) is 19.0. The highest BCUT2D eigenvalue weighted by atomic mass is 32.2. The Balaban J connectivity index is 2.13. The first-order valence-corrected chi connectivity index (χ1v) is 8.82. The molecular formula is C17H19FN2O4S. The molecule has 0 aromatic heterocycles. The van der Waals surface area contributed by atoms with E-state index >= 15 is 0 Å². The van der Waals surface area contributed by atoms with Crippen molar-refractivity contribution in [3.05, 3.63) is 65.5 Å². The van der Waals surface area contributed by atoms with Crippen LogP contribution in [0, 0.1) is 5.82 Å². The number of carbonyl (C=O) groups is 1. The predicted octanol–water partition coefficient (Wildman–Crippen LogP) is 2.28. The summed E-state index contributed by atoms with van der Waals surface area (Å²) in [7, 11) is 0.399. The van der Waals surface area contributed by atoms with E-state index in [2.05, 4.69) is 0 Å². The molecule has 25 heavy (non-hydrogen) atoms. The van der Waals surface area contributed by atoms with Gasteiger partial charge in [-0.3, -0.25) is 9.63 Å². The number of rotatable bonds is 6. The van der Waals surface area contributed by atoms with Gasteiger partial charge in [-0.2, -0.15) is 0 Å². The van der Waals surface area contributed by atoms with Crippen LogP contribution in [0.4, 0.5) is 4.39 Å². The lowest BCUT2D eigenvalue weighted by Crippen LogP contribution is -2.27. The van der Waals surface area contributed by atoms with Crippen LogP contribution < -0.4 is 0 Å². The topological polar surface area (TPSA) is 66.9 Å². The Bertz CT molecular complexity index is 836. The molecule has 0 heterocycles. The summed E-state index contributed by atoms with van der Waals surface area (Å²) in [4.78, 5) is 18.6. The summed E-state index contributed by atoms with van der Waals surface area (Å²) in [5.74, 6) is -0.607. The summed E-state index contributed by atoms with van der Waals surface area (Å²) in [6.45, 7) is 0.311. The molecule has 0 fully saturated rings. The number of sulfonamides is 1. The van der Waals surface area contributed by atoms with E-state index in [9.17, 15) is 17.6 Å². The fourth-order valence-corrected chi connectivity index (χ4v) is 3.15. The van der Waals surface area contributed by atoms with Gasteiger partial charge in [-0.15, -0.1) is 0 Å². The van der Waals surface area contributed by atoms with E-state index in [4.69, 9.17) is 4.84 Å². The van der Waals surface area contributed by atoms with Crippen molar-refractivity contribution >= 4 is 15.9 Å². The molecule has 0 saturated heterocycles. The Morgan fingerprint density at radius 2 is 1.60 bits per heavy atom. The van der Waals surface area contributed by atoms with Crippen molar-refractivity contribution in [3.63, 3.8) is 0 Å². The second-order valence-corrected chi connectivity index (χ2v) is 7.35. The Kier molecular flexibility index (Phi) is 5.89. The number of nitrogens with zero attached hydrogens (tertiary/aromatic N) is 2. The van der Waals surface area contributed by atoms with Crippen LogP contribution in [0.1, 0.15) is 15.9 Å². The fraction of sp³-hybridized carbons (Fsp3) is 0.235. The van der Waals surface area contributed by atoms with E-state index in [1.54, 1.807) is 19.2 Å². The van der Waals surface area contributed by atoms with Crippen LogP contribution in [0.3, 0.4) is 0 Å². The van der Waals surface area contributed by atoms with Crippen LogP contribution in [-0.4, -0.2) is 44.9 Å². The number of benzene rings is 2. The van der Waals surface area contributed by atoms with Crippen LogP contribution in [0.25, 0.3) is 0 Å². The number of carbonyl (C=O) groups excluding carboxylic acids is 1. The number of amides is 1. The van der Waals surface area contributed by atoms with Crippen LogP contribution >= 0.6 is 0 Å². The third kappa shape index (κ3) is 4.41. The molecule has 6 nitrogen and oxygen atoms in total. The third-order valence-corrected chi connectivity index (χ3v) is 5.37. The maximum Gasteiger partial charge on any atom is 0.264 e. The lowest BCUT2D eigenvalue weighted by Gasteiger charge is -2.18. The molecule has 2 aromatic rings. The molecule has 0 radical (unpaired) electrons. The maximum atomic E-state index is 12.9. The minimum atomic E-state index is -3.75. The Labute approximate surface area is 146 Å². The van der Waals surface area contributed by atoms with Crippen molar-refractivity contribution in [2.75, 3.05) is 21.2 Å². The Morgan fingerprint density at radius 1 is 1.04 bits per heavy atom. The summed E-state index contributed by atoms with van der Waals surface area (Å²) < 4.78 is 37.9. The largest absolute Gasteiger partial charge is 0.337 e. The summed E-state index contributed by atoms with van der Waals surface area (Å²) in [5, 5.41) is 0. The third-order valence-electron chi connectivity index (χ3n) is 3.67. The SMILES string of the molecule is CON(C)S(=O)(=O)c1ccc(C(=O)N(C)Cc2ccc(F)cc2)cc1. The van der Waals surface area contributed by atoms with Gasteiger partial charge in [-0.1, -0.05) is 16.6 Å². The number of hydroxylamine groups is 1. The van der Waals surface area contributed by atoms with Gasteiger partial charge >= 0.3 is 0 Å². The predicted molar refractivity (Wildman–Crippen MR) is 90.6 cm³/mol. The van der Waals surface area contributed by atoms with Gasteiger partial charge in [0.2, 0.25) is 0 Å². The number of hydrogen-bond donors (Lipinski definition) is 0. The van der Waals surface area contributed by atoms with E-state index < -0.39 is 10.0 Å². The molecular weight excluding hydrogens is 347 g/mol. The zero-order valence-electron chi connectivity index (χ0n) is 14.1. The van der Waals surface area contributed by atoms with Crippen molar-refractivity contribution in [1.29, 1.82) is 0 Å². The second kappa shape index (κ2) is 7.73. The molecule has 0 atom stereocenters. The highest BCUT2D eigenvalue weighted by Crippen LogP contribution is 2.16. The van der Waals surface area contributed by atoms with Gasteiger partial charge in [-0.25, -0.2) is 12.8 Å². The van der Waals surface area contributed by atoms with Gasteiger partial charge in [-0.05, 0) is 42.0 Å². The van der Waals surface area contributed by atoms with Crippen LogP contribution in [0.15, 0.2) is 53.4 Å². The van der Waals surface area contributed by atoms with Gasteiger partial charge < -0.3 is 4.90 Å². The summed E-state index contributed by atoms with van der Waals surface area (Å²) in [6.07, 6.45) is 0. The molecule has 0 N–H and O–H groups in total. The second-order valence-electron chi connectivity index (χ2n) is 5.41. The molecule has 134 valence electrons. The average Bonchev–Trinajstić information content (AvgIpc) is 2.62. The first-order valence-electron chi connectivity index (χ1n) is 7.38. The van der Waals surface area contributed by atoms with Crippen molar-refractivity contribution in [2.45, 2.75) is 11.4 Å². The van der Waals surface area contributed by atoms with Gasteiger partial charge in [0.25, 0.3) is 15.9 Å². The van der Waals surface area contributed by atoms with E-state index in [1.807, 2.05) is 0 Å². The van der Waals surface area contributed by atoms with Crippen LogP contribution in [0.5, 0.6) is 0 Å². The van der Waals surface area contributed by atoms with E-state index in [0.29, 0.717) is 12.1 Å². The van der Waals surface area contributed by atoms with Crippen LogP contribution in [0.2, 0.25) is 0 Å². The van der Waals surface area contributed by atoms with E-state index in [0.717, 1.165) is 10.0 Å². The van der Waals surface area contributed by atoms with Crippen molar-refractivity contribution in [1.82, 2.24) is 9.37 Å². The fourth-order valence-electron chi connectivity index (χ4n) is 2.17. The summed E-state index contributed by atoms with van der Waals surface area (Å²) >= 11 is 0. The molecule has 2 rings (SSSR count).